The Balaban J connectivity index is 0.00000144. The van der Waals surface area contributed by atoms with E-state index >= 15 is 0 Å². The van der Waals surface area contributed by atoms with E-state index in [-0.39, 0.29) is 26.5 Å². The van der Waals surface area contributed by atoms with E-state index in [1.165, 1.54) is 0 Å². The summed E-state index contributed by atoms with van der Waals surface area (Å²) < 4.78 is 4.23. The summed E-state index contributed by atoms with van der Waals surface area (Å²) in [5.41, 5.74) is 10.9. The second-order valence-electron chi connectivity index (χ2n) is 3.20. The van der Waals surface area contributed by atoms with Gasteiger partial charge in [0.15, 0.2) is 0 Å². The van der Waals surface area contributed by atoms with E-state index in [4.69, 9.17) is 39.4 Å². The first-order valence-electron chi connectivity index (χ1n) is 3.94. The van der Waals surface area contributed by atoms with E-state index in [1.807, 2.05) is 0 Å². The van der Waals surface area contributed by atoms with Gasteiger partial charge in [0.05, 0.1) is 6.61 Å². The van der Waals surface area contributed by atoms with Crippen LogP contribution < -0.4 is 11.5 Å². The molecule has 0 atom stereocenters. The molecule has 1 fully saturated rings. The Morgan fingerprint density at radius 1 is 1.23 bits per heavy atom. The number of alkyl halides is 2. The van der Waals surface area contributed by atoms with Gasteiger partial charge in [-0.3, -0.25) is 0 Å². The van der Waals surface area contributed by atoms with Crippen molar-refractivity contribution >= 4 is 23.2 Å². The average Bonchev–Trinajstić information content (AvgIpc) is 2.05. The molecule has 0 radical (unpaired) electrons. The molecule has 0 spiro atoms. The van der Waals surface area contributed by atoms with Crippen molar-refractivity contribution in [1.29, 1.82) is 0 Å². The molecule has 6 heteroatoms. The fourth-order valence-electron chi connectivity index (χ4n) is 1.39. The van der Waals surface area contributed by atoms with Crippen LogP contribution in [0, 0.1) is 5.41 Å². The second kappa shape index (κ2) is 5.29. The van der Waals surface area contributed by atoms with E-state index in [0.29, 0.717) is 26.3 Å². The fourth-order valence-corrected chi connectivity index (χ4v) is 2.04. The van der Waals surface area contributed by atoms with Gasteiger partial charge in [-0.25, -0.2) is 0 Å². The number of hydrogen-bond donors (Lipinski definition) is 2. The molecule has 0 unspecified atom stereocenters. The monoisotopic (exact) mass is 407 g/mol. The van der Waals surface area contributed by atoms with E-state index < -0.39 is 4.33 Å². The summed E-state index contributed by atoms with van der Waals surface area (Å²) in [6.07, 6.45) is 0.729. The third-order valence-corrected chi connectivity index (χ3v) is 3.59. The number of nitrogens with two attached hydrogens (primary N) is 2. The predicted octanol–water partition coefficient (Wildman–Crippen LogP) is 0.482. The van der Waals surface area contributed by atoms with Crippen molar-refractivity contribution < 1.29 is 25.8 Å². The van der Waals surface area contributed by atoms with Crippen molar-refractivity contribution in [1.82, 2.24) is 0 Å². The molecule has 0 aromatic carbocycles. The van der Waals surface area contributed by atoms with Crippen LogP contribution in [0.5, 0.6) is 0 Å². The molecule has 0 saturated carbocycles. The Bertz CT molecular complexity index is 165. The zero-order chi connectivity index (χ0) is 9.24. The summed E-state index contributed by atoms with van der Waals surface area (Å²) in [5.74, 6) is 0. The van der Waals surface area contributed by atoms with Crippen LogP contribution in [0.4, 0.5) is 0 Å². The molecule has 4 N–H and O–H groups in total. The Labute approximate surface area is 103 Å². The molecule has 0 bridgehead atoms. The van der Waals surface area contributed by atoms with Gasteiger partial charge in [-0.15, -0.1) is 0 Å². The van der Waals surface area contributed by atoms with E-state index in [2.05, 4.69) is 0 Å². The third-order valence-electron chi connectivity index (χ3n) is 2.57. The Morgan fingerprint density at radius 3 is 2.08 bits per heavy atom. The Morgan fingerprint density at radius 2 is 1.77 bits per heavy atom. The molecule has 82 valence electrons. The third kappa shape index (κ3) is 2.58. The van der Waals surface area contributed by atoms with Gasteiger partial charge >= 0.3 is 0 Å². The molecule has 1 rings (SSSR count). The van der Waals surface area contributed by atoms with Crippen LogP contribution in [0.1, 0.15) is 6.42 Å². The fraction of sp³-hybridized carbons (Fsp3) is 1.00. The second-order valence-corrected chi connectivity index (χ2v) is 4.68. The van der Waals surface area contributed by atoms with E-state index in [9.17, 15) is 0 Å². The predicted molar refractivity (Wildman–Crippen MR) is 50.4 cm³/mol. The molecule has 1 heterocycles. The van der Waals surface area contributed by atoms with Gasteiger partial charge in [-0.1, -0.05) is 23.2 Å². The standard InChI is InChI=1S/C7H14Cl2N2O.Pt/c8-7(9)5-12-2-1-6(7,3-10)4-11;/h1-5,10-11H2;. The maximum atomic E-state index is 6.08. The quantitative estimate of drug-likeness (QED) is 0.654. The summed E-state index contributed by atoms with van der Waals surface area (Å²) in [6, 6.07) is 0. The Kier molecular flexibility index (Phi) is 5.76. The van der Waals surface area contributed by atoms with Gasteiger partial charge < -0.3 is 16.2 Å². The van der Waals surface area contributed by atoms with Gasteiger partial charge in [0.1, 0.15) is 4.33 Å². The topological polar surface area (TPSA) is 61.3 Å². The van der Waals surface area contributed by atoms with Gasteiger partial charge in [0.25, 0.3) is 0 Å². The van der Waals surface area contributed by atoms with Crippen LogP contribution in [-0.2, 0) is 25.8 Å². The van der Waals surface area contributed by atoms with Crippen LogP contribution in [-0.4, -0.2) is 30.6 Å². The maximum absolute atomic E-state index is 6.08. The smallest absolute Gasteiger partial charge is 0.149 e. The van der Waals surface area contributed by atoms with Crippen LogP contribution in [0.15, 0.2) is 0 Å². The molecule has 0 aliphatic carbocycles. The summed E-state index contributed by atoms with van der Waals surface area (Å²) >= 11 is 12.2. The Hall–Kier alpha value is 1.15. The normalized spacial score (nSPS) is 24.9. The SMILES string of the molecule is NCC1(CN)CCOCC1(Cl)Cl.[Pt]. The molecule has 1 saturated heterocycles. The number of hydrogen-bond acceptors (Lipinski definition) is 3. The summed E-state index contributed by atoms with van der Waals surface area (Å²) in [4.78, 5) is 0. The van der Waals surface area contributed by atoms with Gasteiger partial charge in [0, 0.05) is 46.2 Å². The molecule has 0 amide bonds. The van der Waals surface area contributed by atoms with Crippen molar-refractivity contribution in [3.63, 3.8) is 0 Å². The molecule has 13 heavy (non-hydrogen) atoms. The summed E-state index contributed by atoms with van der Waals surface area (Å²) in [6.45, 7) is 1.75. The molecular formula is C7H14Cl2N2OPt. The van der Waals surface area contributed by atoms with Crippen molar-refractivity contribution in [3.8, 4) is 0 Å². The average molecular weight is 408 g/mol. The minimum absolute atomic E-state index is 0. The van der Waals surface area contributed by atoms with Gasteiger partial charge in [0.2, 0.25) is 0 Å². The summed E-state index contributed by atoms with van der Waals surface area (Å²) in [5, 5.41) is 0. The minimum Gasteiger partial charge on any atom is -0.378 e. The molecule has 0 aromatic rings. The van der Waals surface area contributed by atoms with Crippen LogP contribution in [0.2, 0.25) is 0 Å². The molecule has 0 aromatic heterocycles. The van der Waals surface area contributed by atoms with Gasteiger partial charge in [-0.05, 0) is 6.42 Å². The molecule has 1 aliphatic rings. The van der Waals surface area contributed by atoms with E-state index in [0.717, 1.165) is 6.42 Å². The first-order chi connectivity index (χ1) is 5.58. The van der Waals surface area contributed by atoms with Gasteiger partial charge in [-0.2, -0.15) is 0 Å². The molecular weight excluding hydrogens is 394 g/mol. The van der Waals surface area contributed by atoms with Crippen molar-refractivity contribution in [3.05, 3.63) is 0 Å². The molecule has 1 aliphatic heterocycles. The van der Waals surface area contributed by atoms with Crippen molar-refractivity contribution in [2.75, 3.05) is 26.3 Å². The number of ether oxygens (including phenoxy) is 1. The van der Waals surface area contributed by atoms with Crippen molar-refractivity contribution in [2.45, 2.75) is 10.8 Å². The largest absolute Gasteiger partial charge is 0.378 e. The zero-order valence-electron chi connectivity index (χ0n) is 7.17. The zero-order valence-corrected chi connectivity index (χ0v) is 11.0. The van der Waals surface area contributed by atoms with E-state index in [1.54, 1.807) is 0 Å². The maximum Gasteiger partial charge on any atom is 0.149 e. The number of halogens is 2. The molecule has 3 nitrogen and oxygen atoms in total. The number of rotatable bonds is 2. The van der Waals surface area contributed by atoms with Crippen LogP contribution in [0.3, 0.4) is 0 Å². The van der Waals surface area contributed by atoms with Crippen molar-refractivity contribution in [2.24, 2.45) is 16.9 Å². The van der Waals surface area contributed by atoms with Crippen LogP contribution >= 0.6 is 23.2 Å². The minimum atomic E-state index is -0.936. The summed E-state index contributed by atoms with van der Waals surface area (Å²) in [7, 11) is 0. The van der Waals surface area contributed by atoms with Crippen LogP contribution in [0.25, 0.3) is 0 Å². The first-order valence-corrected chi connectivity index (χ1v) is 4.69. The first kappa shape index (κ1) is 14.1.